The van der Waals surface area contributed by atoms with Gasteiger partial charge in [0, 0.05) is 35.4 Å². The van der Waals surface area contributed by atoms with Gasteiger partial charge < -0.3 is 5.32 Å². The van der Waals surface area contributed by atoms with Crippen LogP contribution in [0.2, 0.25) is 0 Å². The van der Waals surface area contributed by atoms with Crippen molar-refractivity contribution in [1.82, 2.24) is 5.32 Å². The molecular weight excluding hydrogens is 512 g/mol. The number of hydrogen-bond donors (Lipinski definition) is 1. The molecule has 2 heterocycles. The van der Waals surface area contributed by atoms with Gasteiger partial charge in [-0.15, -0.1) is 0 Å². The van der Waals surface area contributed by atoms with Crippen molar-refractivity contribution in [3.63, 3.8) is 0 Å². The Bertz CT molecular complexity index is 1700. The van der Waals surface area contributed by atoms with E-state index in [2.05, 4.69) is 115 Å². The molecule has 0 spiro atoms. The molecule has 0 radical (unpaired) electrons. The van der Waals surface area contributed by atoms with Gasteiger partial charge in [0.05, 0.1) is 0 Å². The first kappa shape index (κ1) is 26.1. The van der Waals surface area contributed by atoms with E-state index in [0.717, 1.165) is 53.3 Å². The highest BCUT2D eigenvalue weighted by Crippen LogP contribution is 2.41. The topological polar surface area (TPSA) is 49.1 Å². The maximum Gasteiger partial charge on any atom is 0.159 e. The van der Waals surface area contributed by atoms with Crippen molar-refractivity contribution < 1.29 is 0 Å². The highest BCUT2D eigenvalue weighted by molar-refractivity contribution is 6.13. The van der Waals surface area contributed by atoms with Crippen LogP contribution in [0.5, 0.6) is 0 Å². The minimum absolute atomic E-state index is 0.214. The molecule has 0 saturated carbocycles. The fourth-order valence-electron chi connectivity index (χ4n) is 6.25. The first-order valence-corrected chi connectivity index (χ1v) is 14.9. The van der Waals surface area contributed by atoms with Crippen LogP contribution in [-0.2, 0) is 0 Å². The second-order valence-electron chi connectivity index (χ2n) is 11.2. The summed E-state index contributed by atoms with van der Waals surface area (Å²) in [5.41, 5.74) is 8.28. The summed E-state index contributed by atoms with van der Waals surface area (Å²) in [5.74, 6) is 2.37. The van der Waals surface area contributed by atoms with E-state index in [9.17, 15) is 0 Å². The van der Waals surface area contributed by atoms with Crippen molar-refractivity contribution in [3.8, 4) is 0 Å². The number of benzene rings is 4. The minimum Gasteiger partial charge on any atom is -0.344 e. The quantitative estimate of drug-likeness (QED) is 0.243. The molecule has 3 aliphatic rings. The Kier molecular flexibility index (Phi) is 7.43. The molecule has 4 nitrogen and oxygen atoms in total. The van der Waals surface area contributed by atoms with Gasteiger partial charge in [-0.25, -0.2) is 9.98 Å². The zero-order valence-electron chi connectivity index (χ0n) is 23.6. The van der Waals surface area contributed by atoms with Crippen molar-refractivity contribution in [3.05, 3.63) is 167 Å². The van der Waals surface area contributed by atoms with Gasteiger partial charge in [-0.3, -0.25) is 4.99 Å². The molecule has 1 N–H and O–H groups in total. The lowest BCUT2D eigenvalue weighted by atomic mass is 9.75. The number of nitrogens with zero attached hydrogens (tertiary/aromatic N) is 3. The molecule has 0 bridgehead atoms. The van der Waals surface area contributed by atoms with E-state index in [-0.39, 0.29) is 12.1 Å². The van der Waals surface area contributed by atoms with Gasteiger partial charge in [0.15, 0.2) is 5.84 Å². The lowest BCUT2D eigenvalue weighted by Gasteiger charge is -2.31. The molecule has 0 fully saturated rings. The van der Waals surface area contributed by atoms with Crippen LogP contribution < -0.4 is 5.32 Å². The number of nitrogens with one attached hydrogen (secondary N) is 1. The normalized spacial score (nSPS) is 21.9. The van der Waals surface area contributed by atoms with E-state index in [1.165, 1.54) is 23.1 Å². The summed E-state index contributed by atoms with van der Waals surface area (Å²) >= 11 is 0. The van der Waals surface area contributed by atoms with E-state index >= 15 is 0 Å². The summed E-state index contributed by atoms with van der Waals surface area (Å²) in [6.45, 7) is 0. The predicted octanol–water partition coefficient (Wildman–Crippen LogP) is 8.40. The van der Waals surface area contributed by atoms with E-state index in [0.29, 0.717) is 5.92 Å². The summed E-state index contributed by atoms with van der Waals surface area (Å²) in [5, 5.41) is 3.57. The van der Waals surface area contributed by atoms with Crippen LogP contribution in [0.25, 0.3) is 0 Å². The van der Waals surface area contributed by atoms with Gasteiger partial charge in [0.25, 0.3) is 0 Å². The zero-order valence-corrected chi connectivity index (χ0v) is 23.6. The lowest BCUT2D eigenvalue weighted by molar-refractivity contribution is 0.512. The Morgan fingerprint density at radius 1 is 0.667 bits per heavy atom. The van der Waals surface area contributed by atoms with Crippen LogP contribution in [-0.4, -0.2) is 17.4 Å². The summed E-state index contributed by atoms with van der Waals surface area (Å²) in [6, 6.07) is 40.2. The number of amidine groups is 2. The van der Waals surface area contributed by atoms with Crippen molar-refractivity contribution in [2.75, 3.05) is 0 Å². The molecule has 1 aliphatic carbocycles. The second kappa shape index (κ2) is 12.0. The summed E-state index contributed by atoms with van der Waals surface area (Å²) in [6.07, 6.45) is 10.9. The highest BCUT2D eigenvalue weighted by atomic mass is 15.2. The van der Waals surface area contributed by atoms with Crippen molar-refractivity contribution in [1.29, 1.82) is 0 Å². The largest absolute Gasteiger partial charge is 0.344 e. The summed E-state index contributed by atoms with van der Waals surface area (Å²) < 4.78 is 0. The molecule has 3 atom stereocenters. The lowest BCUT2D eigenvalue weighted by Crippen LogP contribution is -2.33. The first-order valence-electron chi connectivity index (χ1n) is 14.9. The van der Waals surface area contributed by atoms with E-state index in [4.69, 9.17) is 15.0 Å². The molecule has 206 valence electrons. The Morgan fingerprint density at radius 3 is 2.10 bits per heavy atom. The predicted molar refractivity (Wildman–Crippen MR) is 173 cm³/mol. The van der Waals surface area contributed by atoms with Crippen LogP contribution in [0.3, 0.4) is 0 Å². The van der Waals surface area contributed by atoms with Crippen LogP contribution in [0.15, 0.2) is 154 Å². The third-order valence-corrected chi connectivity index (χ3v) is 8.47. The molecule has 0 aromatic heterocycles. The maximum atomic E-state index is 5.13. The molecule has 3 unspecified atom stereocenters. The van der Waals surface area contributed by atoms with Gasteiger partial charge in [-0.2, -0.15) is 0 Å². The fraction of sp³-hybridized carbons (Fsp3) is 0.184. The number of hydrogen-bond acceptors (Lipinski definition) is 4. The number of allylic oxidation sites excluding steroid dienone is 3. The summed E-state index contributed by atoms with van der Waals surface area (Å²) in [4.78, 5) is 15.2. The first-order chi connectivity index (χ1) is 20.8. The third-order valence-electron chi connectivity index (χ3n) is 8.47. The zero-order chi connectivity index (χ0) is 28.1. The Hall–Kier alpha value is -4.83. The standard InChI is InChI=1S/C38H34N4/c1-5-14-27(15-6-1)34-26-39-35(28-16-7-2-8-17-28)25-33(34)31-22-13-23-32(24-31)38-41-36(29-18-9-3-10-19-29)40-37(42-38)30-20-11-4-12-21-30/h1-5,7-13,16-24,26-27,33,36H,6,14-15,25H2,(H,40,41,42). The van der Waals surface area contributed by atoms with Gasteiger partial charge in [-0.05, 0) is 53.5 Å². The number of aliphatic imine (C=N–C) groups is 3. The maximum absolute atomic E-state index is 5.13. The third kappa shape index (κ3) is 5.53. The van der Waals surface area contributed by atoms with Crippen LogP contribution in [0, 0.1) is 5.92 Å². The molecule has 0 amide bonds. The minimum atomic E-state index is -0.214. The molecule has 7 rings (SSSR count). The molecule has 4 heteroatoms. The van der Waals surface area contributed by atoms with Gasteiger partial charge in [-0.1, -0.05) is 121 Å². The molecule has 4 aromatic rings. The highest BCUT2D eigenvalue weighted by Gasteiger charge is 2.29. The van der Waals surface area contributed by atoms with Crippen LogP contribution in [0.1, 0.15) is 65.6 Å². The SMILES string of the molecule is C1=CCC(C2=CN=C(c3ccccc3)CC2c2cccc(C3=NC(c4ccccc4)NC(c4ccccc4)=N3)c2)CC1. The van der Waals surface area contributed by atoms with Gasteiger partial charge >= 0.3 is 0 Å². The monoisotopic (exact) mass is 546 g/mol. The van der Waals surface area contributed by atoms with E-state index < -0.39 is 0 Å². The second-order valence-corrected chi connectivity index (χ2v) is 11.2. The Morgan fingerprint density at radius 2 is 1.36 bits per heavy atom. The number of rotatable bonds is 6. The average molecular weight is 547 g/mol. The Balaban J connectivity index is 1.28. The van der Waals surface area contributed by atoms with E-state index in [1.807, 2.05) is 24.3 Å². The van der Waals surface area contributed by atoms with Crippen LogP contribution in [0.4, 0.5) is 0 Å². The van der Waals surface area contributed by atoms with E-state index in [1.54, 1.807) is 0 Å². The smallest absolute Gasteiger partial charge is 0.159 e. The van der Waals surface area contributed by atoms with Crippen LogP contribution >= 0.6 is 0 Å². The summed E-state index contributed by atoms with van der Waals surface area (Å²) in [7, 11) is 0. The molecule has 4 aromatic carbocycles. The van der Waals surface area contributed by atoms with Gasteiger partial charge in [0.1, 0.15) is 12.0 Å². The van der Waals surface area contributed by atoms with Crippen molar-refractivity contribution in [2.24, 2.45) is 20.9 Å². The molecular formula is C38H34N4. The average Bonchev–Trinajstić information content (AvgIpc) is 3.09. The fourth-order valence-corrected chi connectivity index (χ4v) is 6.25. The molecule has 2 aliphatic heterocycles. The molecule has 42 heavy (non-hydrogen) atoms. The van der Waals surface area contributed by atoms with Gasteiger partial charge in [0.2, 0.25) is 0 Å². The molecule has 0 saturated heterocycles. The Labute approximate surface area is 248 Å². The van der Waals surface area contributed by atoms with Crippen molar-refractivity contribution in [2.45, 2.75) is 37.8 Å². The van der Waals surface area contributed by atoms with Crippen molar-refractivity contribution >= 4 is 17.4 Å².